The molecule has 1 heterocycles. The number of nitro groups is 1. The molecule has 1 aromatic carbocycles. The number of likely N-dealkylation sites (tertiary alicyclic amines) is 1. The number of carbonyl (C=O) groups is 1. The summed E-state index contributed by atoms with van der Waals surface area (Å²) in [6.07, 6.45) is 1.98. The van der Waals surface area contributed by atoms with Crippen LogP contribution in [0.3, 0.4) is 0 Å². The molecule has 0 radical (unpaired) electrons. The molecule has 0 aliphatic carbocycles. The average Bonchev–Trinajstić information content (AvgIpc) is 2.39. The van der Waals surface area contributed by atoms with Gasteiger partial charge in [0, 0.05) is 24.7 Å². The van der Waals surface area contributed by atoms with Gasteiger partial charge in [0.2, 0.25) is 0 Å². The summed E-state index contributed by atoms with van der Waals surface area (Å²) in [5, 5.41) is 10.9. The van der Waals surface area contributed by atoms with Crippen molar-refractivity contribution in [2.24, 2.45) is 5.92 Å². The fourth-order valence-corrected chi connectivity index (χ4v) is 2.57. The Hall–Kier alpha value is -1.43. The fourth-order valence-electron chi connectivity index (χ4n) is 2.18. The van der Waals surface area contributed by atoms with Gasteiger partial charge in [0.05, 0.1) is 9.40 Å². The van der Waals surface area contributed by atoms with Gasteiger partial charge in [-0.25, -0.2) is 0 Å². The highest BCUT2D eigenvalue weighted by Crippen LogP contribution is 2.27. The number of piperidine rings is 1. The van der Waals surface area contributed by atoms with Gasteiger partial charge in [-0.2, -0.15) is 0 Å². The highest BCUT2D eigenvalue weighted by atomic mass is 79.9. The van der Waals surface area contributed by atoms with Crippen LogP contribution in [0.2, 0.25) is 0 Å². The Morgan fingerprint density at radius 1 is 1.42 bits per heavy atom. The van der Waals surface area contributed by atoms with Gasteiger partial charge in [0.15, 0.2) is 0 Å². The predicted octanol–water partition coefficient (Wildman–Crippen LogP) is 3.23. The van der Waals surface area contributed by atoms with Gasteiger partial charge in [-0.1, -0.05) is 6.92 Å². The molecule has 6 heteroatoms. The zero-order chi connectivity index (χ0) is 14.0. The quantitative estimate of drug-likeness (QED) is 0.619. The highest BCUT2D eigenvalue weighted by molar-refractivity contribution is 9.10. The number of carbonyl (C=O) groups excluding carboxylic acids is 1. The monoisotopic (exact) mass is 326 g/mol. The molecule has 0 saturated carbocycles. The smallest absolute Gasteiger partial charge is 0.284 e. The van der Waals surface area contributed by atoms with Crippen molar-refractivity contribution in [3.05, 3.63) is 38.3 Å². The van der Waals surface area contributed by atoms with Crippen molar-refractivity contribution in [3.63, 3.8) is 0 Å². The van der Waals surface area contributed by atoms with Crippen molar-refractivity contribution in [2.75, 3.05) is 13.1 Å². The largest absolute Gasteiger partial charge is 0.339 e. The Morgan fingerprint density at radius 2 is 2.05 bits per heavy atom. The normalized spacial score (nSPS) is 16.4. The second-order valence-corrected chi connectivity index (χ2v) is 5.75. The summed E-state index contributed by atoms with van der Waals surface area (Å²) >= 11 is 3.12. The molecule has 0 atom stereocenters. The zero-order valence-electron chi connectivity index (χ0n) is 10.6. The van der Waals surface area contributed by atoms with E-state index < -0.39 is 4.92 Å². The van der Waals surface area contributed by atoms with E-state index in [2.05, 4.69) is 22.9 Å². The van der Waals surface area contributed by atoms with Crippen molar-refractivity contribution in [1.29, 1.82) is 0 Å². The molecule has 0 N–H and O–H groups in total. The Kier molecular flexibility index (Phi) is 4.19. The third-order valence-electron chi connectivity index (χ3n) is 3.46. The summed E-state index contributed by atoms with van der Waals surface area (Å²) < 4.78 is 0.390. The van der Waals surface area contributed by atoms with Gasteiger partial charge in [0.1, 0.15) is 0 Å². The topological polar surface area (TPSA) is 63.5 Å². The lowest BCUT2D eigenvalue weighted by molar-refractivity contribution is -0.385. The molecule has 0 aromatic heterocycles. The third kappa shape index (κ3) is 3.12. The molecule has 1 amide bonds. The van der Waals surface area contributed by atoms with Crippen molar-refractivity contribution in [2.45, 2.75) is 19.8 Å². The summed E-state index contributed by atoms with van der Waals surface area (Å²) in [5.41, 5.74) is 0.306. The predicted molar refractivity (Wildman–Crippen MR) is 75.1 cm³/mol. The maximum absolute atomic E-state index is 12.3. The van der Waals surface area contributed by atoms with Crippen LogP contribution in [0.1, 0.15) is 30.1 Å². The molecule has 0 bridgehead atoms. The highest BCUT2D eigenvalue weighted by Gasteiger charge is 2.23. The molecule has 1 fully saturated rings. The molecule has 5 nitrogen and oxygen atoms in total. The van der Waals surface area contributed by atoms with E-state index in [0.717, 1.165) is 25.9 Å². The van der Waals surface area contributed by atoms with Gasteiger partial charge in [-0.05, 0) is 46.8 Å². The van der Waals surface area contributed by atoms with Crippen LogP contribution < -0.4 is 0 Å². The van der Waals surface area contributed by atoms with E-state index in [1.165, 1.54) is 6.07 Å². The average molecular weight is 327 g/mol. The SMILES string of the molecule is CC1CCN(C(=O)c2ccc(Br)c([N+](=O)[O-])c2)CC1. The third-order valence-corrected chi connectivity index (χ3v) is 4.13. The van der Waals surface area contributed by atoms with E-state index in [9.17, 15) is 14.9 Å². The lowest BCUT2D eigenvalue weighted by Crippen LogP contribution is -2.37. The minimum atomic E-state index is -0.487. The van der Waals surface area contributed by atoms with Crippen LogP contribution in [0.4, 0.5) is 5.69 Å². The van der Waals surface area contributed by atoms with Crippen LogP contribution >= 0.6 is 15.9 Å². The zero-order valence-corrected chi connectivity index (χ0v) is 12.2. The summed E-state index contributed by atoms with van der Waals surface area (Å²) in [7, 11) is 0. The van der Waals surface area contributed by atoms with Crippen LogP contribution in [0.15, 0.2) is 22.7 Å². The Labute approximate surface area is 119 Å². The molecular weight excluding hydrogens is 312 g/mol. The molecule has 0 spiro atoms. The number of rotatable bonds is 2. The molecule has 102 valence electrons. The number of hydrogen-bond donors (Lipinski definition) is 0. The summed E-state index contributed by atoms with van der Waals surface area (Å²) in [6, 6.07) is 4.51. The van der Waals surface area contributed by atoms with Crippen LogP contribution in [0.25, 0.3) is 0 Å². The lowest BCUT2D eigenvalue weighted by atomic mass is 9.98. The fraction of sp³-hybridized carbons (Fsp3) is 0.462. The van der Waals surface area contributed by atoms with Gasteiger partial charge in [0.25, 0.3) is 11.6 Å². The maximum atomic E-state index is 12.3. The number of hydrogen-bond acceptors (Lipinski definition) is 3. The lowest BCUT2D eigenvalue weighted by Gasteiger charge is -2.30. The van der Waals surface area contributed by atoms with E-state index in [1.807, 2.05) is 0 Å². The standard InChI is InChI=1S/C13H15BrN2O3/c1-9-4-6-15(7-5-9)13(17)10-2-3-11(14)12(8-10)16(18)19/h2-3,8-9H,4-7H2,1H3. The van der Waals surface area contributed by atoms with Crippen molar-refractivity contribution in [3.8, 4) is 0 Å². The van der Waals surface area contributed by atoms with Crippen LogP contribution in [-0.2, 0) is 0 Å². The van der Waals surface area contributed by atoms with Gasteiger partial charge < -0.3 is 4.90 Å². The first-order chi connectivity index (χ1) is 8.99. The van der Waals surface area contributed by atoms with E-state index in [-0.39, 0.29) is 11.6 Å². The Balaban J connectivity index is 2.20. The first kappa shape index (κ1) is 14.0. The van der Waals surface area contributed by atoms with E-state index in [0.29, 0.717) is 16.0 Å². The molecule has 1 saturated heterocycles. The molecule has 19 heavy (non-hydrogen) atoms. The van der Waals surface area contributed by atoms with Gasteiger partial charge in [-0.3, -0.25) is 14.9 Å². The van der Waals surface area contributed by atoms with Gasteiger partial charge in [-0.15, -0.1) is 0 Å². The van der Waals surface area contributed by atoms with Crippen molar-refractivity contribution >= 4 is 27.5 Å². The number of halogens is 1. The molecular formula is C13H15BrN2O3. The molecule has 0 unspecified atom stereocenters. The van der Waals surface area contributed by atoms with Crippen molar-refractivity contribution in [1.82, 2.24) is 4.90 Å². The van der Waals surface area contributed by atoms with E-state index in [1.54, 1.807) is 17.0 Å². The number of nitrogens with zero attached hydrogens (tertiary/aromatic N) is 2. The molecule has 1 aliphatic rings. The van der Waals surface area contributed by atoms with E-state index >= 15 is 0 Å². The van der Waals surface area contributed by atoms with Crippen LogP contribution in [0.5, 0.6) is 0 Å². The minimum absolute atomic E-state index is 0.0729. The summed E-state index contributed by atoms with van der Waals surface area (Å²) in [4.78, 5) is 24.4. The Morgan fingerprint density at radius 3 is 2.63 bits per heavy atom. The first-order valence-electron chi connectivity index (χ1n) is 6.22. The number of nitro benzene ring substituents is 1. The second-order valence-electron chi connectivity index (χ2n) is 4.90. The van der Waals surface area contributed by atoms with Crippen LogP contribution in [-0.4, -0.2) is 28.8 Å². The summed E-state index contributed by atoms with van der Waals surface area (Å²) in [5.74, 6) is 0.519. The van der Waals surface area contributed by atoms with E-state index in [4.69, 9.17) is 0 Å². The van der Waals surface area contributed by atoms with Crippen LogP contribution in [0, 0.1) is 16.0 Å². The minimum Gasteiger partial charge on any atom is -0.339 e. The molecule has 2 rings (SSSR count). The Bertz CT molecular complexity index is 511. The maximum Gasteiger partial charge on any atom is 0.284 e. The van der Waals surface area contributed by atoms with Crippen molar-refractivity contribution < 1.29 is 9.72 Å². The second kappa shape index (κ2) is 5.69. The summed E-state index contributed by atoms with van der Waals surface area (Å²) in [6.45, 7) is 3.63. The van der Waals surface area contributed by atoms with Gasteiger partial charge >= 0.3 is 0 Å². The number of amides is 1. The first-order valence-corrected chi connectivity index (χ1v) is 7.01. The number of benzene rings is 1. The molecule has 1 aromatic rings. The molecule has 1 aliphatic heterocycles.